The molecule has 2 rings (SSSR count). The maximum Gasteiger partial charge on any atom is 0.0400 e. The number of rotatable bonds is 4. The summed E-state index contributed by atoms with van der Waals surface area (Å²) in [5, 5.41) is 3.68. The second-order valence-electron chi connectivity index (χ2n) is 5.71. The Morgan fingerprint density at radius 2 is 2.17 bits per heavy atom. The summed E-state index contributed by atoms with van der Waals surface area (Å²) in [6, 6.07) is 8.05. The van der Waals surface area contributed by atoms with E-state index in [9.17, 15) is 0 Å². The van der Waals surface area contributed by atoms with E-state index in [1.807, 2.05) is 0 Å². The molecule has 1 aliphatic heterocycles. The number of nitrogens with one attached hydrogen (secondary N) is 1. The van der Waals surface area contributed by atoms with Crippen LogP contribution in [0.3, 0.4) is 0 Å². The van der Waals surface area contributed by atoms with E-state index in [4.69, 9.17) is 0 Å². The van der Waals surface area contributed by atoms with Crippen LogP contribution >= 0.6 is 0 Å². The largest absolute Gasteiger partial charge is 0.381 e. The Bertz CT molecular complexity index is 398. The van der Waals surface area contributed by atoms with Crippen LogP contribution in [0.25, 0.3) is 0 Å². The zero-order valence-corrected chi connectivity index (χ0v) is 12.2. The van der Waals surface area contributed by atoms with E-state index in [0.29, 0.717) is 12.1 Å². The second kappa shape index (κ2) is 5.75. The highest BCUT2D eigenvalue weighted by atomic mass is 15.2. The van der Waals surface area contributed by atoms with E-state index in [-0.39, 0.29) is 0 Å². The Morgan fingerprint density at radius 3 is 2.72 bits per heavy atom. The molecule has 0 spiro atoms. The van der Waals surface area contributed by atoms with Gasteiger partial charge in [0.1, 0.15) is 0 Å². The van der Waals surface area contributed by atoms with E-state index in [1.165, 1.54) is 36.3 Å². The van der Waals surface area contributed by atoms with Crippen molar-refractivity contribution in [3.05, 3.63) is 29.3 Å². The molecule has 1 heterocycles. The van der Waals surface area contributed by atoms with Gasteiger partial charge in [0.25, 0.3) is 0 Å². The maximum absolute atomic E-state index is 3.68. The van der Waals surface area contributed by atoms with Crippen LogP contribution in [0.15, 0.2) is 18.2 Å². The van der Waals surface area contributed by atoms with Crippen molar-refractivity contribution in [2.75, 3.05) is 18.4 Å². The zero-order chi connectivity index (χ0) is 13.1. The molecule has 0 radical (unpaired) electrons. The van der Waals surface area contributed by atoms with Gasteiger partial charge in [0.05, 0.1) is 0 Å². The average Bonchev–Trinajstić information content (AvgIpc) is 2.78. The van der Waals surface area contributed by atoms with Crippen molar-refractivity contribution in [3.8, 4) is 0 Å². The number of benzene rings is 1. The van der Waals surface area contributed by atoms with Crippen molar-refractivity contribution in [1.29, 1.82) is 0 Å². The van der Waals surface area contributed by atoms with Gasteiger partial charge in [-0.1, -0.05) is 13.0 Å². The molecule has 1 atom stereocenters. The highest BCUT2D eigenvalue weighted by Crippen LogP contribution is 2.20. The van der Waals surface area contributed by atoms with Crippen molar-refractivity contribution in [3.63, 3.8) is 0 Å². The molecule has 1 aromatic carbocycles. The third-order valence-corrected chi connectivity index (χ3v) is 4.04. The summed E-state index contributed by atoms with van der Waals surface area (Å²) >= 11 is 0. The van der Waals surface area contributed by atoms with Gasteiger partial charge in [0.2, 0.25) is 0 Å². The predicted molar refractivity (Wildman–Crippen MR) is 79.3 cm³/mol. The molecule has 2 nitrogen and oxygen atoms in total. The molecule has 1 saturated heterocycles. The first-order valence-electron chi connectivity index (χ1n) is 7.20. The molecule has 18 heavy (non-hydrogen) atoms. The molecule has 0 aromatic heterocycles. The van der Waals surface area contributed by atoms with Crippen LogP contribution in [0.2, 0.25) is 0 Å². The minimum absolute atomic E-state index is 0.610. The number of hydrogen-bond donors (Lipinski definition) is 1. The van der Waals surface area contributed by atoms with Gasteiger partial charge in [-0.15, -0.1) is 0 Å². The third kappa shape index (κ3) is 3.05. The molecule has 100 valence electrons. The first-order chi connectivity index (χ1) is 8.60. The van der Waals surface area contributed by atoms with Crippen LogP contribution < -0.4 is 5.32 Å². The van der Waals surface area contributed by atoms with Crippen LogP contribution in [0.1, 0.15) is 38.3 Å². The molecule has 0 saturated carbocycles. The lowest BCUT2D eigenvalue weighted by molar-refractivity contribution is 0.274. The lowest BCUT2D eigenvalue weighted by Gasteiger charge is -2.21. The molecule has 0 bridgehead atoms. The Labute approximate surface area is 111 Å². The minimum atomic E-state index is 0.610. The smallest absolute Gasteiger partial charge is 0.0400 e. The van der Waals surface area contributed by atoms with Crippen LogP contribution in [0, 0.1) is 6.92 Å². The Kier molecular flexibility index (Phi) is 4.28. The minimum Gasteiger partial charge on any atom is -0.381 e. The molecule has 1 unspecified atom stereocenters. The van der Waals surface area contributed by atoms with Crippen molar-refractivity contribution < 1.29 is 0 Å². The van der Waals surface area contributed by atoms with Gasteiger partial charge in [0, 0.05) is 30.9 Å². The summed E-state index contributed by atoms with van der Waals surface area (Å²) in [6.45, 7) is 11.4. The lowest BCUT2D eigenvalue weighted by atomic mass is 10.1. The van der Waals surface area contributed by atoms with E-state index < -0.39 is 0 Å². The topological polar surface area (TPSA) is 15.3 Å². The molecule has 1 fully saturated rings. The summed E-state index contributed by atoms with van der Waals surface area (Å²) < 4.78 is 0. The quantitative estimate of drug-likeness (QED) is 0.875. The first-order valence-corrected chi connectivity index (χ1v) is 7.20. The van der Waals surface area contributed by atoms with Gasteiger partial charge in [-0.3, -0.25) is 4.90 Å². The Hall–Kier alpha value is -1.02. The summed E-state index contributed by atoms with van der Waals surface area (Å²) in [7, 11) is 0. The number of aryl methyl sites for hydroxylation is 2. The first kappa shape index (κ1) is 13.4. The number of likely N-dealkylation sites (tertiary alicyclic amines) is 1. The average molecular weight is 246 g/mol. The Balaban J connectivity index is 1.96. The molecular weight excluding hydrogens is 220 g/mol. The maximum atomic E-state index is 3.68. The van der Waals surface area contributed by atoms with Crippen molar-refractivity contribution in [2.45, 2.75) is 52.6 Å². The van der Waals surface area contributed by atoms with Gasteiger partial charge >= 0.3 is 0 Å². The monoisotopic (exact) mass is 246 g/mol. The summed E-state index contributed by atoms with van der Waals surface area (Å²) in [4.78, 5) is 2.55. The summed E-state index contributed by atoms with van der Waals surface area (Å²) in [6.07, 6.45) is 2.38. The van der Waals surface area contributed by atoms with E-state index in [2.05, 4.69) is 56.1 Å². The van der Waals surface area contributed by atoms with Crippen molar-refractivity contribution >= 4 is 5.69 Å². The van der Waals surface area contributed by atoms with Crippen molar-refractivity contribution in [2.24, 2.45) is 0 Å². The van der Waals surface area contributed by atoms with Crippen LogP contribution in [0.4, 0.5) is 5.69 Å². The highest BCUT2D eigenvalue weighted by Gasteiger charge is 2.23. The van der Waals surface area contributed by atoms with Crippen LogP contribution in [0.5, 0.6) is 0 Å². The third-order valence-electron chi connectivity index (χ3n) is 4.04. The fourth-order valence-corrected chi connectivity index (χ4v) is 2.79. The van der Waals surface area contributed by atoms with Gasteiger partial charge in [-0.25, -0.2) is 0 Å². The summed E-state index contributed by atoms with van der Waals surface area (Å²) in [5.74, 6) is 0. The van der Waals surface area contributed by atoms with Gasteiger partial charge in [0.15, 0.2) is 0 Å². The number of anilines is 1. The molecule has 1 N–H and O–H groups in total. The lowest BCUT2D eigenvalue weighted by Crippen LogP contribution is -2.31. The number of hydrogen-bond acceptors (Lipinski definition) is 2. The standard InChI is InChI=1S/C16H26N2/c1-5-14-6-7-15(10-13(14)4)17-16-8-9-18(11-16)12(2)3/h6-7,10,12,16-17H,5,8-9,11H2,1-4H3. The molecule has 1 aliphatic rings. The SMILES string of the molecule is CCc1ccc(NC2CCN(C(C)C)C2)cc1C. The molecule has 0 amide bonds. The molecule has 1 aromatic rings. The molecule has 0 aliphatic carbocycles. The van der Waals surface area contributed by atoms with Gasteiger partial charge < -0.3 is 5.32 Å². The normalized spacial score (nSPS) is 20.6. The summed E-state index contributed by atoms with van der Waals surface area (Å²) in [5.41, 5.74) is 4.14. The van der Waals surface area contributed by atoms with E-state index >= 15 is 0 Å². The van der Waals surface area contributed by atoms with E-state index in [1.54, 1.807) is 0 Å². The second-order valence-corrected chi connectivity index (χ2v) is 5.71. The van der Waals surface area contributed by atoms with Gasteiger partial charge in [-0.05, 0) is 56.9 Å². The molecule has 2 heteroatoms. The Morgan fingerprint density at radius 1 is 1.39 bits per heavy atom. The van der Waals surface area contributed by atoms with Crippen molar-refractivity contribution in [1.82, 2.24) is 4.90 Å². The molecular formula is C16H26N2. The van der Waals surface area contributed by atoms with Crippen LogP contribution in [-0.4, -0.2) is 30.1 Å². The predicted octanol–water partition coefficient (Wildman–Crippen LogP) is 3.45. The van der Waals surface area contributed by atoms with Crippen LogP contribution in [-0.2, 0) is 6.42 Å². The number of nitrogens with zero attached hydrogens (tertiary/aromatic N) is 1. The fourth-order valence-electron chi connectivity index (χ4n) is 2.79. The van der Waals surface area contributed by atoms with Gasteiger partial charge in [-0.2, -0.15) is 0 Å². The van der Waals surface area contributed by atoms with E-state index in [0.717, 1.165) is 6.42 Å². The highest BCUT2D eigenvalue weighted by molar-refractivity contribution is 5.49. The zero-order valence-electron chi connectivity index (χ0n) is 12.2. The fraction of sp³-hybridized carbons (Fsp3) is 0.625.